The number of rotatable bonds is 2. The standard InChI is InChI=1S/C10H13BrN2O2/c1-7-4-9(15-12-7)10(14)13-3-2-8(5-11)6-13/h4,8H,2-3,5-6H2,1H3. The third-order valence-electron chi connectivity index (χ3n) is 2.63. The van der Waals surface area contributed by atoms with Crippen LogP contribution in [0.15, 0.2) is 10.6 Å². The lowest BCUT2D eigenvalue weighted by Crippen LogP contribution is -2.28. The molecule has 1 aromatic heterocycles. The maximum Gasteiger partial charge on any atom is 0.292 e. The predicted molar refractivity (Wildman–Crippen MR) is 59.0 cm³/mol. The Morgan fingerprint density at radius 2 is 2.60 bits per heavy atom. The van der Waals surface area contributed by atoms with Crippen molar-refractivity contribution in [1.29, 1.82) is 0 Å². The van der Waals surface area contributed by atoms with E-state index >= 15 is 0 Å². The summed E-state index contributed by atoms with van der Waals surface area (Å²) in [4.78, 5) is 13.7. The molecule has 2 heterocycles. The van der Waals surface area contributed by atoms with Gasteiger partial charge in [-0.15, -0.1) is 0 Å². The van der Waals surface area contributed by atoms with E-state index in [0.29, 0.717) is 11.7 Å². The summed E-state index contributed by atoms with van der Waals surface area (Å²) in [6.07, 6.45) is 1.06. The molecular formula is C10H13BrN2O2. The highest BCUT2D eigenvalue weighted by Crippen LogP contribution is 2.20. The first-order chi connectivity index (χ1) is 7.20. The monoisotopic (exact) mass is 272 g/mol. The van der Waals surface area contributed by atoms with Gasteiger partial charge in [0.1, 0.15) is 0 Å². The van der Waals surface area contributed by atoms with Gasteiger partial charge in [-0.2, -0.15) is 0 Å². The Morgan fingerprint density at radius 3 is 3.13 bits per heavy atom. The minimum atomic E-state index is -0.0425. The Bertz CT molecular complexity index is 364. The van der Waals surface area contributed by atoms with Crippen LogP contribution >= 0.6 is 15.9 Å². The fourth-order valence-electron chi connectivity index (χ4n) is 1.76. The highest BCUT2D eigenvalue weighted by atomic mass is 79.9. The molecule has 82 valence electrons. The topological polar surface area (TPSA) is 46.3 Å². The number of nitrogens with zero attached hydrogens (tertiary/aromatic N) is 2. The zero-order valence-corrected chi connectivity index (χ0v) is 10.2. The van der Waals surface area contributed by atoms with Gasteiger partial charge >= 0.3 is 0 Å². The molecule has 0 N–H and O–H groups in total. The van der Waals surface area contributed by atoms with Crippen LogP contribution in [0, 0.1) is 12.8 Å². The van der Waals surface area contributed by atoms with Crippen molar-refractivity contribution in [3.63, 3.8) is 0 Å². The van der Waals surface area contributed by atoms with E-state index in [1.165, 1.54) is 0 Å². The van der Waals surface area contributed by atoms with Crippen LogP contribution in [-0.2, 0) is 0 Å². The van der Waals surface area contributed by atoms with Gasteiger partial charge in [0.2, 0.25) is 5.76 Å². The van der Waals surface area contributed by atoms with E-state index in [4.69, 9.17) is 4.52 Å². The Hall–Kier alpha value is -0.840. The number of alkyl halides is 1. The molecule has 0 radical (unpaired) electrons. The average Bonchev–Trinajstić information content (AvgIpc) is 2.84. The van der Waals surface area contributed by atoms with Gasteiger partial charge in [0, 0.05) is 24.5 Å². The number of carbonyl (C=O) groups excluding carboxylic acids is 1. The maximum absolute atomic E-state index is 11.9. The van der Waals surface area contributed by atoms with Crippen molar-refractivity contribution in [2.75, 3.05) is 18.4 Å². The second-order valence-electron chi connectivity index (χ2n) is 3.89. The first-order valence-electron chi connectivity index (χ1n) is 4.99. The smallest absolute Gasteiger partial charge is 0.292 e. The van der Waals surface area contributed by atoms with E-state index in [0.717, 1.165) is 30.5 Å². The SMILES string of the molecule is Cc1cc(C(=O)N2CCC(CBr)C2)on1. The van der Waals surface area contributed by atoms with E-state index in [-0.39, 0.29) is 5.91 Å². The van der Waals surface area contributed by atoms with Gasteiger partial charge in [-0.3, -0.25) is 4.79 Å². The fourth-order valence-corrected chi connectivity index (χ4v) is 2.29. The van der Waals surface area contributed by atoms with Crippen LogP contribution in [0.2, 0.25) is 0 Å². The van der Waals surface area contributed by atoms with E-state index in [9.17, 15) is 4.79 Å². The highest BCUT2D eigenvalue weighted by molar-refractivity contribution is 9.09. The Morgan fingerprint density at radius 1 is 1.80 bits per heavy atom. The summed E-state index contributed by atoms with van der Waals surface area (Å²) in [5.74, 6) is 0.875. The quantitative estimate of drug-likeness (QED) is 0.772. The van der Waals surface area contributed by atoms with E-state index in [1.54, 1.807) is 6.07 Å². The Labute approximate surface area is 96.7 Å². The molecule has 1 unspecified atom stereocenters. The van der Waals surface area contributed by atoms with Crippen molar-refractivity contribution in [3.8, 4) is 0 Å². The number of aromatic nitrogens is 1. The Balaban J connectivity index is 2.03. The number of hydrogen-bond donors (Lipinski definition) is 0. The minimum Gasteiger partial charge on any atom is -0.351 e. The zero-order valence-electron chi connectivity index (χ0n) is 8.57. The molecule has 0 bridgehead atoms. The molecule has 2 rings (SSSR count). The molecule has 1 aliphatic heterocycles. The Kier molecular flexibility index (Phi) is 3.09. The molecule has 0 aromatic carbocycles. The van der Waals surface area contributed by atoms with Crippen molar-refractivity contribution in [2.45, 2.75) is 13.3 Å². The number of halogens is 1. The summed E-state index contributed by atoms with van der Waals surface area (Å²) in [5, 5.41) is 4.67. The number of hydrogen-bond acceptors (Lipinski definition) is 3. The first kappa shape index (κ1) is 10.7. The van der Waals surface area contributed by atoms with Crippen molar-refractivity contribution >= 4 is 21.8 Å². The minimum absolute atomic E-state index is 0.0425. The van der Waals surface area contributed by atoms with Crippen LogP contribution in [0.1, 0.15) is 22.7 Å². The van der Waals surface area contributed by atoms with Gasteiger partial charge in [0.15, 0.2) is 0 Å². The molecule has 15 heavy (non-hydrogen) atoms. The van der Waals surface area contributed by atoms with Crippen molar-refractivity contribution < 1.29 is 9.32 Å². The number of carbonyl (C=O) groups is 1. The second kappa shape index (κ2) is 4.35. The van der Waals surface area contributed by atoms with Gasteiger partial charge in [0.25, 0.3) is 5.91 Å². The van der Waals surface area contributed by atoms with Crippen LogP contribution in [0.4, 0.5) is 0 Å². The highest BCUT2D eigenvalue weighted by Gasteiger charge is 2.28. The number of likely N-dealkylation sites (tertiary alicyclic amines) is 1. The molecule has 5 heteroatoms. The van der Waals surface area contributed by atoms with E-state index in [1.807, 2.05) is 11.8 Å². The summed E-state index contributed by atoms with van der Waals surface area (Å²) >= 11 is 3.44. The van der Waals surface area contributed by atoms with Crippen LogP contribution < -0.4 is 0 Å². The summed E-state index contributed by atoms with van der Waals surface area (Å²) in [6.45, 7) is 3.43. The average molecular weight is 273 g/mol. The molecule has 0 aliphatic carbocycles. The lowest BCUT2D eigenvalue weighted by atomic mass is 10.2. The van der Waals surface area contributed by atoms with Crippen molar-refractivity contribution in [1.82, 2.24) is 10.1 Å². The largest absolute Gasteiger partial charge is 0.351 e. The van der Waals surface area contributed by atoms with Gasteiger partial charge in [-0.25, -0.2) is 0 Å². The first-order valence-corrected chi connectivity index (χ1v) is 6.11. The summed E-state index contributed by atoms with van der Waals surface area (Å²) in [5.41, 5.74) is 0.745. The number of amides is 1. The zero-order chi connectivity index (χ0) is 10.8. The molecule has 0 saturated carbocycles. The molecule has 1 amide bonds. The molecule has 1 saturated heterocycles. The normalized spacial score (nSPS) is 20.9. The van der Waals surface area contributed by atoms with Gasteiger partial charge in [-0.1, -0.05) is 21.1 Å². The third-order valence-corrected chi connectivity index (χ3v) is 3.55. The molecule has 4 nitrogen and oxygen atoms in total. The van der Waals surface area contributed by atoms with E-state index < -0.39 is 0 Å². The summed E-state index contributed by atoms with van der Waals surface area (Å²) in [7, 11) is 0. The van der Waals surface area contributed by atoms with Crippen LogP contribution in [0.3, 0.4) is 0 Å². The third kappa shape index (κ3) is 2.22. The molecule has 0 spiro atoms. The van der Waals surface area contributed by atoms with Crippen molar-refractivity contribution in [2.24, 2.45) is 5.92 Å². The van der Waals surface area contributed by atoms with Gasteiger partial charge in [-0.05, 0) is 19.3 Å². The predicted octanol–water partition coefficient (Wildman–Crippen LogP) is 1.84. The second-order valence-corrected chi connectivity index (χ2v) is 4.54. The van der Waals surface area contributed by atoms with Gasteiger partial charge in [0.05, 0.1) is 5.69 Å². The molecule has 1 fully saturated rings. The van der Waals surface area contributed by atoms with E-state index in [2.05, 4.69) is 21.1 Å². The summed E-state index contributed by atoms with van der Waals surface area (Å²) < 4.78 is 4.95. The van der Waals surface area contributed by atoms with Crippen molar-refractivity contribution in [3.05, 3.63) is 17.5 Å². The van der Waals surface area contributed by atoms with Crippen LogP contribution in [0.25, 0.3) is 0 Å². The lowest BCUT2D eigenvalue weighted by Gasteiger charge is -2.13. The molecular weight excluding hydrogens is 260 g/mol. The molecule has 1 atom stereocenters. The van der Waals surface area contributed by atoms with Gasteiger partial charge < -0.3 is 9.42 Å². The number of aryl methyl sites for hydroxylation is 1. The lowest BCUT2D eigenvalue weighted by molar-refractivity contribution is 0.0747. The van der Waals surface area contributed by atoms with Crippen LogP contribution in [0.5, 0.6) is 0 Å². The fraction of sp³-hybridized carbons (Fsp3) is 0.600. The molecule has 1 aromatic rings. The molecule has 1 aliphatic rings. The maximum atomic E-state index is 11.9. The van der Waals surface area contributed by atoms with Crippen LogP contribution in [-0.4, -0.2) is 34.4 Å². The summed E-state index contributed by atoms with van der Waals surface area (Å²) in [6, 6.07) is 1.68.